The van der Waals surface area contributed by atoms with Crippen molar-refractivity contribution in [2.24, 2.45) is 0 Å². The summed E-state index contributed by atoms with van der Waals surface area (Å²) in [6, 6.07) is 9.40. The summed E-state index contributed by atoms with van der Waals surface area (Å²) in [5.41, 5.74) is 0.215. The van der Waals surface area contributed by atoms with Crippen LogP contribution in [-0.2, 0) is 10.0 Å². The molecule has 2 aromatic carbocycles. The third-order valence-corrected chi connectivity index (χ3v) is 8.11. The molecule has 0 aliphatic carbocycles. The van der Waals surface area contributed by atoms with Crippen LogP contribution in [0.25, 0.3) is 16.5 Å². The van der Waals surface area contributed by atoms with Gasteiger partial charge in [-0.2, -0.15) is 5.26 Å². The SMILES string of the molecule is CNc1ccc2c(=O)n(-c3ccc(NC(=O)NS(=O)(=O)C4=CCCS4)cc3F)cc(C#N)c2c1. The molecule has 12 heteroatoms. The molecule has 174 valence electrons. The van der Waals surface area contributed by atoms with Crippen LogP contribution < -0.4 is 20.9 Å². The van der Waals surface area contributed by atoms with E-state index in [4.69, 9.17) is 0 Å². The molecule has 1 aromatic heterocycles. The van der Waals surface area contributed by atoms with Gasteiger partial charge in [0.05, 0.1) is 11.3 Å². The number of halogens is 1. The normalized spacial score (nSPS) is 13.3. The smallest absolute Gasteiger partial charge is 0.333 e. The van der Waals surface area contributed by atoms with Crippen LogP contribution in [0.2, 0.25) is 0 Å². The molecule has 2 amide bonds. The predicted molar refractivity (Wildman–Crippen MR) is 130 cm³/mol. The number of allylic oxidation sites excluding steroid dienone is 1. The largest absolute Gasteiger partial charge is 0.388 e. The summed E-state index contributed by atoms with van der Waals surface area (Å²) in [5, 5.41) is 15.4. The number of sulfonamides is 1. The summed E-state index contributed by atoms with van der Waals surface area (Å²) in [7, 11) is -2.28. The lowest BCUT2D eigenvalue weighted by Crippen LogP contribution is -2.34. The van der Waals surface area contributed by atoms with E-state index in [1.165, 1.54) is 24.4 Å². The Morgan fingerprint density at radius 2 is 1.94 bits per heavy atom. The number of urea groups is 1. The monoisotopic (exact) mass is 499 g/mol. The summed E-state index contributed by atoms with van der Waals surface area (Å²) < 4.78 is 42.3. The van der Waals surface area contributed by atoms with Gasteiger partial charge in [-0.25, -0.2) is 22.3 Å². The lowest BCUT2D eigenvalue weighted by molar-refractivity contribution is 0.256. The fourth-order valence-electron chi connectivity index (χ4n) is 3.46. The van der Waals surface area contributed by atoms with E-state index in [1.807, 2.05) is 10.8 Å². The molecule has 0 saturated carbocycles. The molecule has 34 heavy (non-hydrogen) atoms. The van der Waals surface area contributed by atoms with Crippen molar-refractivity contribution >= 4 is 50.0 Å². The highest BCUT2D eigenvalue weighted by Gasteiger charge is 2.23. The summed E-state index contributed by atoms with van der Waals surface area (Å²) in [4.78, 5) is 25.1. The summed E-state index contributed by atoms with van der Waals surface area (Å²) >= 11 is 1.12. The Kier molecular flexibility index (Phi) is 6.32. The number of carbonyl (C=O) groups is 1. The van der Waals surface area contributed by atoms with Crippen molar-refractivity contribution in [3.05, 3.63) is 74.6 Å². The molecule has 0 saturated heterocycles. The van der Waals surface area contributed by atoms with Gasteiger partial charge in [0.2, 0.25) is 0 Å². The van der Waals surface area contributed by atoms with Gasteiger partial charge in [0.25, 0.3) is 15.6 Å². The van der Waals surface area contributed by atoms with Gasteiger partial charge < -0.3 is 10.6 Å². The average Bonchev–Trinajstić information content (AvgIpc) is 3.35. The van der Waals surface area contributed by atoms with E-state index in [0.717, 1.165) is 22.4 Å². The Morgan fingerprint density at radius 3 is 2.59 bits per heavy atom. The number of benzene rings is 2. The highest BCUT2D eigenvalue weighted by molar-refractivity contribution is 8.18. The van der Waals surface area contributed by atoms with Crippen LogP contribution in [0, 0.1) is 17.1 Å². The van der Waals surface area contributed by atoms with Crippen LogP contribution in [0.4, 0.5) is 20.6 Å². The number of nitrogens with zero attached hydrogens (tertiary/aromatic N) is 2. The van der Waals surface area contributed by atoms with E-state index in [-0.39, 0.29) is 26.6 Å². The third kappa shape index (κ3) is 4.48. The molecule has 3 N–H and O–H groups in total. The number of pyridine rings is 1. The Hall–Kier alpha value is -3.82. The van der Waals surface area contributed by atoms with E-state index in [2.05, 4.69) is 10.6 Å². The molecule has 4 rings (SSSR count). The number of nitrogens with one attached hydrogen (secondary N) is 3. The second-order valence-electron chi connectivity index (χ2n) is 7.23. The zero-order valence-electron chi connectivity index (χ0n) is 17.8. The maximum Gasteiger partial charge on any atom is 0.333 e. The van der Waals surface area contributed by atoms with Gasteiger partial charge in [-0.15, -0.1) is 11.8 Å². The van der Waals surface area contributed by atoms with Crippen molar-refractivity contribution in [1.29, 1.82) is 5.26 Å². The van der Waals surface area contributed by atoms with Crippen molar-refractivity contribution in [2.75, 3.05) is 23.4 Å². The quantitative estimate of drug-likeness (QED) is 0.489. The number of rotatable bonds is 5. The van der Waals surface area contributed by atoms with E-state index < -0.39 is 27.4 Å². The van der Waals surface area contributed by atoms with Crippen LogP contribution in [0.5, 0.6) is 0 Å². The molecule has 0 spiro atoms. The Bertz CT molecular complexity index is 1560. The second-order valence-corrected chi connectivity index (χ2v) is 10.3. The van der Waals surface area contributed by atoms with Crippen LogP contribution >= 0.6 is 11.8 Å². The van der Waals surface area contributed by atoms with E-state index in [1.54, 1.807) is 25.2 Å². The maximum absolute atomic E-state index is 14.9. The van der Waals surface area contributed by atoms with Crippen molar-refractivity contribution in [1.82, 2.24) is 9.29 Å². The minimum Gasteiger partial charge on any atom is -0.388 e. The molecule has 0 radical (unpaired) electrons. The first-order chi connectivity index (χ1) is 16.2. The standard InChI is InChI=1S/C22H18FN5O4S2/c1-25-14-4-6-16-17(9-14)13(11-24)12-28(21(16)29)19-7-5-15(10-18(19)23)26-22(30)27-34(31,32)20-3-2-8-33-20/h3-7,9-10,12,25H,2,8H2,1H3,(H2,26,27,30). The molecular formula is C22H18FN5O4S2. The van der Waals surface area contributed by atoms with E-state index in [9.17, 15) is 27.7 Å². The lowest BCUT2D eigenvalue weighted by atomic mass is 10.1. The number of thioether (sulfide) groups is 1. The number of carbonyl (C=O) groups excluding carboxylic acids is 1. The minimum absolute atomic E-state index is 0.0185. The van der Waals surface area contributed by atoms with Crippen LogP contribution in [-0.4, -0.2) is 31.8 Å². The summed E-state index contributed by atoms with van der Waals surface area (Å²) in [5.74, 6) is -0.241. The highest BCUT2D eigenvalue weighted by atomic mass is 32.3. The molecule has 2 heterocycles. The zero-order chi connectivity index (χ0) is 24.5. The van der Waals surface area contributed by atoms with Gasteiger partial charge in [0, 0.05) is 41.1 Å². The molecule has 0 bridgehead atoms. The van der Waals surface area contributed by atoms with Crippen molar-refractivity contribution in [3.8, 4) is 11.8 Å². The van der Waals surface area contributed by atoms with Crippen molar-refractivity contribution < 1.29 is 17.6 Å². The molecule has 1 aliphatic heterocycles. The van der Waals surface area contributed by atoms with Crippen LogP contribution in [0.3, 0.4) is 0 Å². The van der Waals surface area contributed by atoms with Crippen LogP contribution in [0.15, 0.2) is 57.7 Å². The van der Waals surface area contributed by atoms with Crippen molar-refractivity contribution in [3.63, 3.8) is 0 Å². The predicted octanol–water partition coefficient (Wildman–Crippen LogP) is 3.47. The first-order valence-corrected chi connectivity index (χ1v) is 12.4. The van der Waals surface area contributed by atoms with Crippen LogP contribution in [0.1, 0.15) is 12.0 Å². The minimum atomic E-state index is -3.99. The van der Waals surface area contributed by atoms with Gasteiger partial charge in [-0.1, -0.05) is 6.08 Å². The molecule has 1 aliphatic rings. The molecular weight excluding hydrogens is 481 g/mol. The Labute approximate surface area is 198 Å². The Morgan fingerprint density at radius 1 is 1.18 bits per heavy atom. The zero-order valence-corrected chi connectivity index (χ0v) is 19.4. The first-order valence-electron chi connectivity index (χ1n) is 9.97. The summed E-state index contributed by atoms with van der Waals surface area (Å²) in [6.07, 6.45) is 3.36. The number of amides is 2. The molecule has 0 unspecified atom stereocenters. The van der Waals surface area contributed by atoms with Gasteiger partial charge in [0.1, 0.15) is 16.1 Å². The van der Waals surface area contributed by atoms with Gasteiger partial charge in [-0.05, 0) is 42.8 Å². The maximum atomic E-state index is 14.9. The van der Waals surface area contributed by atoms with E-state index in [0.29, 0.717) is 23.2 Å². The molecule has 0 atom stereocenters. The number of nitriles is 1. The third-order valence-electron chi connectivity index (χ3n) is 5.06. The van der Waals surface area contributed by atoms with E-state index >= 15 is 0 Å². The number of aromatic nitrogens is 1. The average molecular weight is 500 g/mol. The highest BCUT2D eigenvalue weighted by Crippen LogP contribution is 2.29. The fraction of sp³-hybridized carbons (Fsp3) is 0.136. The topological polar surface area (TPSA) is 133 Å². The van der Waals surface area contributed by atoms with Crippen molar-refractivity contribution in [2.45, 2.75) is 6.42 Å². The molecule has 9 nitrogen and oxygen atoms in total. The Balaban J connectivity index is 1.64. The van der Waals surface area contributed by atoms with Gasteiger partial charge >= 0.3 is 6.03 Å². The fourth-order valence-corrected chi connectivity index (χ4v) is 5.86. The molecule has 0 fully saturated rings. The number of hydrogen-bond donors (Lipinski definition) is 3. The first kappa shape index (κ1) is 23.3. The van der Waals surface area contributed by atoms with Gasteiger partial charge in [-0.3, -0.25) is 9.36 Å². The number of hydrogen-bond acceptors (Lipinski definition) is 7. The second kappa shape index (κ2) is 9.20. The summed E-state index contributed by atoms with van der Waals surface area (Å²) in [6.45, 7) is 0. The molecule has 3 aromatic rings. The number of anilines is 2. The number of fused-ring (bicyclic) bond motifs is 1. The van der Waals surface area contributed by atoms with Gasteiger partial charge in [0.15, 0.2) is 0 Å². The lowest BCUT2D eigenvalue weighted by Gasteiger charge is -2.13.